The van der Waals surface area contributed by atoms with Gasteiger partial charge in [0.2, 0.25) is 3.79 Å². The van der Waals surface area contributed by atoms with Gasteiger partial charge in [0.1, 0.15) is 6.17 Å². The van der Waals surface area contributed by atoms with Gasteiger partial charge in [0.15, 0.2) is 0 Å². The van der Waals surface area contributed by atoms with Gasteiger partial charge >= 0.3 is 0 Å². The van der Waals surface area contributed by atoms with Gasteiger partial charge < -0.3 is 10.6 Å². The van der Waals surface area contributed by atoms with Gasteiger partial charge in [-0.15, -0.1) is 0 Å². The molecular weight excluding hydrogens is 389 g/mol. The molecule has 1 amide bonds. The van der Waals surface area contributed by atoms with Crippen LogP contribution < -0.4 is 10.6 Å². The lowest BCUT2D eigenvalue weighted by molar-refractivity contribution is -0.384. The van der Waals surface area contributed by atoms with E-state index in [9.17, 15) is 14.9 Å². The quantitative estimate of drug-likeness (QED) is 0.335. The van der Waals surface area contributed by atoms with Crippen molar-refractivity contribution in [3.8, 4) is 0 Å². The number of nitrogens with zero attached hydrogens (tertiary/aromatic N) is 1. The van der Waals surface area contributed by atoms with Crippen molar-refractivity contribution < 1.29 is 9.72 Å². The Kier molecular flexibility index (Phi) is 6.11. The van der Waals surface area contributed by atoms with E-state index in [0.29, 0.717) is 11.3 Å². The summed E-state index contributed by atoms with van der Waals surface area (Å²) in [5.74, 6) is -0.413. The van der Waals surface area contributed by atoms with Gasteiger partial charge in [-0.05, 0) is 30.7 Å². The summed E-state index contributed by atoms with van der Waals surface area (Å²) in [5.41, 5.74) is 1.61. The SMILES string of the molecule is Cc1ccccc1C(=O)N[C@H](Nc1ccc([N+](=O)[O-])cc1)C(Cl)(Cl)Cl. The van der Waals surface area contributed by atoms with Gasteiger partial charge in [-0.1, -0.05) is 53.0 Å². The van der Waals surface area contributed by atoms with Crippen molar-refractivity contribution in [1.82, 2.24) is 5.32 Å². The number of aryl methyl sites for hydroxylation is 1. The number of nitro groups is 1. The lowest BCUT2D eigenvalue weighted by Gasteiger charge is -2.27. The number of nitro benzene ring substituents is 1. The van der Waals surface area contributed by atoms with Gasteiger partial charge in [-0.3, -0.25) is 14.9 Å². The molecule has 1 atom stereocenters. The largest absolute Gasteiger partial charge is 0.362 e. The third kappa shape index (κ3) is 5.22. The van der Waals surface area contributed by atoms with E-state index in [1.807, 2.05) is 6.07 Å². The first-order valence-electron chi connectivity index (χ1n) is 7.12. The maximum Gasteiger partial charge on any atom is 0.269 e. The van der Waals surface area contributed by atoms with Crippen molar-refractivity contribution >= 4 is 52.1 Å². The number of halogens is 3. The monoisotopic (exact) mass is 401 g/mol. The summed E-state index contributed by atoms with van der Waals surface area (Å²) in [5, 5.41) is 16.2. The molecule has 0 fully saturated rings. The predicted molar refractivity (Wildman–Crippen MR) is 99.4 cm³/mol. The van der Waals surface area contributed by atoms with Crippen LogP contribution in [0, 0.1) is 17.0 Å². The molecule has 0 saturated heterocycles. The molecule has 0 aliphatic heterocycles. The number of carbonyl (C=O) groups excluding carboxylic acids is 1. The third-order valence-electron chi connectivity index (χ3n) is 3.38. The Morgan fingerprint density at radius 1 is 1.12 bits per heavy atom. The zero-order valence-electron chi connectivity index (χ0n) is 13.0. The van der Waals surface area contributed by atoms with E-state index in [2.05, 4.69) is 10.6 Å². The Balaban J connectivity index is 2.18. The maximum absolute atomic E-state index is 12.4. The number of alkyl halides is 3. The van der Waals surface area contributed by atoms with E-state index < -0.39 is 20.8 Å². The number of carbonyl (C=O) groups is 1. The number of hydrogen-bond acceptors (Lipinski definition) is 4. The second-order valence-corrected chi connectivity index (χ2v) is 7.58. The topological polar surface area (TPSA) is 84.3 Å². The highest BCUT2D eigenvalue weighted by atomic mass is 35.6. The van der Waals surface area contributed by atoms with Crippen molar-refractivity contribution in [2.24, 2.45) is 0 Å². The third-order valence-corrected chi connectivity index (χ3v) is 4.04. The fourth-order valence-corrected chi connectivity index (χ4v) is 2.41. The summed E-state index contributed by atoms with van der Waals surface area (Å²) in [6.07, 6.45) is -1.05. The molecule has 132 valence electrons. The molecule has 2 rings (SSSR count). The Bertz CT molecular complexity index is 776. The normalized spacial score (nSPS) is 12.3. The van der Waals surface area contributed by atoms with Crippen LogP contribution in [0.15, 0.2) is 48.5 Å². The first-order valence-corrected chi connectivity index (χ1v) is 8.26. The maximum atomic E-state index is 12.4. The summed E-state index contributed by atoms with van der Waals surface area (Å²) in [4.78, 5) is 22.6. The zero-order chi connectivity index (χ0) is 18.6. The lowest BCUT2D eigenvalue weighted by atomic mass is 10.1. The molecule has 0 aliphatic carbocycles. The number of hydrogen-bond donors (Lipinski definition) is 2. The molecule has 0 aliphatic rings. The molecular formula is C16H14Cl3N3O3. The molecule has 0 bridgehead atoms. The second kappa shape index (κ2) is 7.91. The number of anilines is 1. The highest BCUT2D eigenvalue weighted by Crippen LogP contribution is 2.31. The Labute approximate surface area is 159 Å². The first-order chi connectivity index (χ1) is 11.7. The van der Waals surface area contributed by atoms with Crippen LogP contribution in [0.3, 0.4) is 0 Å². The average molecular weight is 403 g/mol. The highest BCUT2D eigenvalue weighted by molar-refractivity contribution is 6.68. The summed E-state index contributed by atoms with van der Waals surface area (Å²) < 4.78 is -1.85. The van der Waals surface area contributed by atoms with Gasteiger partial charge in [0, 0.05) is 23.4 Å². The summed E-state index contributed by atoms with van der Waals surface area (Å²) in [6, 6.07) is 12.5. The standard InChI is InChI=1S/C16H14Cl3N3O3/c1-10-4-2-3-5-13(10)14(23)21-15(16(17,18)19)20-11-6-8-12(9-7-11)22(24)25/h2-9,15,20H,1H3,(H,21,23)/t15-/m0/s1. The van der Waals surface area contributed by atoms with Crippen LogP contribution in [0.2, 0.25) is 0 Å². The van der Waals surface area contributed by atoms with E-state index in [0.717, 1.165) is 5.56 Å². The molecule has 6 nitrogen and oxygen atoms in total. The molecule has 0 heterocycles. The fraction of sp³-hybridized carbons (Fsp3) is 0.188. The van der Waals surface area contributed by atoms with E-state index in [-0.39, 0.29) is 5.69 Å². The molecule has 2 aromatic carbocycles. The van der Waals surface area contributed by atoms with Gasteiger partial charge in [0.25, 0.3) is 11.6 Å². The van der Waals surface area contributed by atoms with Crippen molar-refractivity contribution in [3.05, 3.63) is 69.8 Å². The number of benzene rings is 2. The second-order valence-electron chi connectivity index (χ2n) is 5.21. The van der Waals surface area contributed by atoms with Crippen LogP contribution in [0.5, 0.6) is 0 Å². The highest BCUT2D eigenvalue weighted by Gasteiger charge is 2.34. The molecule has 25 heavy (non-hydrogen) atoms. The van der Waals surface area contributed by atoms with Crippen LogP contribution in [-0.2, 0) is 0 Å². The van der Waals surface area contributed by atoms with Crippen LogP contribution >= 0.6 is 34.8 Å². The minimum Gasteiger partial charge on any atom is -0.362 e. The predicted octanol–water partition coefficient (Wildman–Crippen LogP) is 4.44. The van der Waals surface area contributed by atoms with E-state index in [4.69, 9.17) is 34.8 Å². The van der Waals surface area contributed by atoms with Crippen molar-refractivity contribution in [2.75, 3.05) is 5.32 Å². The molecule has 0 saturated carbocycles. The molecule has 0 spiro atoms. The van der Waals surface area contributed by atoms with E-state index in [1.54, 1.807) is 25.1 Å². The lowest BCUT2D eigenvalue weighted by Crippen LogP contribution is -2.49. The minimum atomic E-state index is -1.85. The number of amides is 1. The fourth-order valence-electron chi connectivity index (χ4n) is 2.08. The van der Waals surface area contributed by atoms with Crippen molar-refractivity contribution in [3.63, 3.8) is 0 Å². The first kappa shape index (κ1) is 19.3. The minimum absolute atomic E-state index is 0.0695. The molecule has 2 aromatic rings. The molecule has 2 N–H and O–H groups in total. The summed E-state index contributed by atoms with van der Waals surface area (Å²) >= 11 is 17.8. The smallest absolute Gasteiger partial charge is 0.269 e. The van der Waals surface area contributed by atoms with Crippen LogP contribution in [0.4, 0.5) is 11.4 Å². The van der Waals surface area contributed by atoms with Gasteiger partial charge in [-0.2, -0.15) is 0 Å². The number of non-ortho nitro benzene ring substituents is 1. The summed E-state index contributed by atoms with van der Waals surface area (Å²) in [7, 11) is 0. The van der Waals surface area contributed by atoms with Gasteiger partial charge in [0.05, 0.1) is 4.92 Å². The van der Waals surface area contributed by atoms with E-state index >= 15 is 0 Å². The Hall–Kier alpha value is -2.02. The van der Waals surface area contributed by atoms with Crippen LogP contribution in [0.25, 0.3) is 0 Å². The Morgan fingerprint density at radius 3 is 2.24 bits per heavy atom. The van der Waals surface area contributed by atoms with Crippen molar-refractivity contribution in [2.45, 2.75) is 16.9 Å². The van der Waals surface area contributed by atoms with E-state index in [1.165, 1.54) is 24.3 Å². The average Bonchev–Trinajstić information content (AvgIpc) is 2.54. The summed E-state index contributed by atoms with van der Waals surface area (Å²) in [6.45, 7) is 1.79. The van der Waals surface area contributed by atoms with Gasteiger partial charge in [-0.25, -0.2) is 0 Å². The molecule has 9 heteroatoms. The van der Waals surface area contributed by atoms with Crippen molar-refractivity contribution in [1.29, 1.82) is 0 Å². The molecule has 0 radical (unpaired) electrons. The number of rotatable bonds is 5. The molecule has 0 unspecified atom stereocenters. The Morgan fingerprint density at radius 2 is 1.72 bits per heavy atom. The van der Waals surface area contributed by atoms with Crippen LogP contribution in [0.1, 0.15) is 15.9 Å². The number of nitrogens with one attached hydrogen (secondary N) is 2. The molecule has 0 aromatic heterocycles. The van der Waals surface area contributed by atoms with Crippen LogP contribution in [-0.4, -0.2) is 20.8 Å². The zero-order valence-corrected chi connectivity index (χ0v) is 15.3.